The van der Waals surface area contributed by atoms with Gasteiger partial charge < -0.3 is 10.1 Å². The summed E-state index contributed by atoms with van der Waals surface area (Å²) >= 11 is 0. The first-order valence-corrected chi connectivity index (χ1v) is 7.24. The first kappa shape index (κ1) is 17.1. The average molecular weight is 325 g/mol. The number of aryl methyl sites for hydroxylation is 1. The minimum absolute atomic E-state index is 0.0557. The van der Waals surface area contributed by atoms with E-state index in [9.17, 15) is 13.2 Å². The molecule has 1 aromatic carbocycles. The number of anilines is 2. The molecule has 0 aliphatic rings. The third kappa shape index (κ3) is 4.58. The van der Waals surface area contributed by atoms with Crippen LogP contribution >= 0.6 is 0 Å². The molecule has 1 heterocycles. The van der Waals surface area contributed by atoms with Crippen LogP contribution in [0.3, 0.4) is 0 Å². The number of halogens is 3. The molecule has 2 rings (SSSR count). The third-order valence-electron chi connectivity index (χ3n) is 3.25. The van der Waals surface area contributed by atoms with Gasteiger partial charge in [-0.15, -0.1) is 0 Å². The SMILES string of the molecule is CCC(C)Oc1nc(Nc2ccc(C)cc2)ncc1C(F)(F)F. The van der Waals surface area contributed by atoms with E-state index in [4.69, 9.17) is 4.74 Å². The molecule has 1 atom stereocenters. The molecule has 4 nitrogen and oxygen atoms in total. The molecule has 1 N–H and O–H groups in total. The van der Waals surface area contributed by atoms with Crippen LogP contribution in [0.2, 0.25) is 0 Å². The van der Waals surface area contributed by atoms with Crippen molar-refractivity contribution in [1.29, 1.82) is 0 Å². The second-order valence-corrected chi connectivity index (χ2v) is 5.24. The van der Waals surface area contributed by atoms with E-state index in [1.807, 2.05) is 26.0 Å². The van der Waals surface area contributed by atoms with Gasteiger partial charge >= 0.3 is 6.18 Å². The van der Waals surface area contributed by atoms with Gasteiger partial charge in [-0.1, -0.05) is 24.6 Å². The fourth-order valence-electron chi connectivity index (χ4n) is 1.75. The summed E-state index contributed by atoms with van der Waals surface area (Å²) in [4.78, 5) is 7.61. The molecule has 7 heteroatoms. The van der Waals surface area contributed by atoms with Crippen molar-refractivity contribution in [3.05, 3.63) is 41.6 Å². The Hall–Kier alpha value is -2.31. The highest BCUT2D eigenvalue weighted by Crippen LogP contribution is 2.35. The number of alkyl halides is 3. The molecule has 23 heavy (non-hydrogen) atoms. The summed E-state index contributed by atoms with van der Waals surface area (Å²) in [6.45, 7) is 5.45. The predicted molar refractivity (Wildman–Crippen MR) is 81.9 cm³/mol. The first-order valence-electron chi connectivity index (χ1n) is 7.24. The molecule has 0 aliphatic heterocycles. The minimum Gasteiger partial charge on any atom is -0.474 e. The van der Waals surface area contributed by atoms with Crippen molar-refractivity contribution in [2.45, 2.75) is 39.5 Å². The van der Waals surface area contributed by atoms with Crippen LogP contribution in [0, 0.1) is 6.92 Å². The molecule has 0 radical (unpaired) electrons. The maximum absolute atomic E-state index is 13.0. The lowest BCUT2D eigenvalue weighted by Crippen LogP contribution is -2.17. The maximum atomic E-state index is 13.0. The molecule has 124 valence electrons. The summed E-state index contributed by atoms with van der Waals surface area (Å²) in [5.74, 6) is -0.406. The van der Waals surface area contributed by atoms with Gasteiger partial charge in [0.2, 0.25) is 11.8 Å². The van der Waals surface area contributed by atoms with E-state index in [1.165, 1.54) is 0 Å². The van der Waals surface area contributed by atoms with E-state index in [1.54, 1.807) is 19.1 Å². The van der Waals surface area contributed by atoms with Gasteiger partial charge in [0.05, 0.1) is 6.10 Å². The maximum Gasteiger partial charge on any atom is 0.423 e. The zero-order valence-electron chi connectivity index (χ0n) is 13.1. The number of hydrogen-bond acceptors (Lipinski definition) is 4. The minimum atomic E-state index is -4.56. The van der Waals surface area contributed by atoms with Crippen LogP contribution in [0.4, 0.5) is 24.8 Å². The van der Waals surface area contributed by atoms with Gasteiger partial charge in [-0.25, -0.2) is 4.98 Å². The average Bonchev–Trinajstić information content (AvgIpc) is 2.48. The summed E-state index contributed by atoms with van der Waals surface area (Å²) in [6.07, 6.45) is -3.63. The van der Waals surface area contributed by atoms with Gasteiger partial charge in [-0.2, -0.15) is 18.2 Å². The number of rotatable bonds is 5. The van der Waals surface area contributed by atoms with Crippen LogP contribution in [0.5, 0.6) is 5.88 Å². The summed E-state index contributed by atoms with van der Waals surface area (Å²) in [5.41, 5.74) is 0.779. The molecule has 1 unspecified atom stereocenters. The van der Waals surface area contributed by atoms with Gasteiger partial charge in [0.15, 0.2) is 0 Å². The molecule has 1 aromatic heterocycles. The second kappa shape index (κ2) is 6.85. The van der Waals surface area contributed by atoms with Crippen molar-refractivity contribution >= 4 is 11.6 Å². The Morgan fingerprint density at radius 2 is 1.87 bits per heavy atom. The van der Waals surface area contributed by atoms with E-state index in [2.05, 4.69) is 15.3 Å². The summed E-state index contributed by atoms with van der Waals surface area (Å²) in [7, 11) is 0. The van der Waals surface area contributed by atoms with Gasteiger partial charge in [-0.3, -0.25) is 0 Å². The Morgan fingerprint density at radius 1 is 1.22 bits per heavy atom. The monoisotopic (exact) mass is 325 g/mol. The first-order chi connectivity index (χ1) is 10.8. The molecule has 0 spiro atoms. The molecule has 0 amide bonds. The Morgan fingerprint density at radius 3 is 2.43 bits per heavy atom. The number of nitrogens with zero attached hydrogens (tertiary/aromatic N) is 2. The highest BCUT2D eigenvalue weighted by Gasteiger charge is 2.36. The third-order valence-corrected chi connectivity index (χ3v) is 3.25. The van der Waals surface area contributed by atoms with Crippen LogP contribution in [0.25, 0.3) is 0 Å². The molecular formula is C16H18F3N3O. The number of nitrogens with one attached hydrogen (secondary N) is 1. The predicted octanol–water partition coefficient (Wildman–Crippen LogP) is 4.72. The van der Waals surface area contributed by atoms with Crippen molar-refractivity contribution in [2.24, 2.45) is 0 Å². The molecule has 0 fully saturated rings. The Kier molecular flexibility index (Phi) is 5.08. The zero-order chi connectivity index (χ0) is 17.0. The van der Waals surface area contributed by atoms with Gasteiger partial charge in [0.1, 0.15) is 5.56 Å². The van der Waals surface area contributed by atoms with Gasteiger partial charge in [0.25, 0.3) is 0 Å². The Bertz CT molecular complexity index is 657. The highest BCUT2D eigenvalue weighted by molar-refractivity contribution is 5.54. The second-order valence-electron chi connectivity index (χ2n) is 5.24. The Balaban J connectivity index is 2.31. The number of ether oxygens (including phenoxy) is 1. The number of benzene rings is 1. The molecular weight excluding hydrogens is 307 g/mol. The van der Waals surface area contributed by atoms with Gasteiger partial charge in [-0.05, 0) is 32.4 Å². The topological polar surface area (TPSA) is 47.0 Å². The molecule has 0 bridgehead atoms. The van der Waals surface area contributed by atoms with E-state index >= 15 is 0 Å². The normalized spacial score (nSPS) is 12.8. The fourth-order valence-corrected chi connectivity index (χ4v) is 1.75. The van der Waals surface area contributed by atoms with Crippen LogP contribution in [0.15, 0.2) is 30.5 Å². The highest BCUT2D eigenvalue weighted by atomic mass is 19.4. The summed E-state index contributed by atoms with van der Waals surface area (Å²) < 4.78 is 44.4. The van der Waals surface area contributed by atoms with E-state index in [0.29, 0.717) is 12.1 Å². The molecule has 2 aromatic rings. The quantitative estimate of drug-likeness (QED) is 0.864. The number of aromatic nitrogens is 2. The lowest BCUT2D eigenvalue weighted by Gasteiger charge is -2.17. The van der Waals surface area contributed by atoms with Crippen LogP contribution in [-0.4, -0.2) is 16.1 Å². The van der Waals surface area contributed by atoms with Crippen molar-refractivity contribution in [1.82, 2.24) is 9.97 Å². The Labute approximate surface area is 132 Å². The standard InChI is InChI=1S/C16H18F3N3O/c1-4-11(3)23-14-13(16(17,18)19)9-20-15(22-14)21-12-7-5-10(2)6-8-12/h5-9,11H,4H2,1-3H3,(H,20,21,22). The largest absolute Gasteiger partial charge is 0.474 e. The van der Waals surface area contributed by atoms with Crippen LogP contribution in [-0.2, 0) is 6.18 Å². The lowest BCUT2D eigenvalue weighted by molar-refractivity contribution is -0.139. The van der Waals surface area contributed by atoms with Crippen molar-refractivity contribution in [3.8, 4) is 5.88 Å². The van der Waals surface area contributed by atoms with E-state index in [-0.39, 0.29) is 12.1 Å². The summed E-state index contributed by atoms with van der Waals surface area (Å²) in [6, 6.07) is 7.35. The molecule has 0 saturated heterocycles. The van der Waals surface area contributed by atoms with Crippen molar-refractivity contribution < 1.29 is 17.9 Å². The van der Waals surface area contributed by atoms with Crippen LogP contribution < -0.4 is 10.1 Å². The van der Waals surface area contributed by atoms with E-state index in [0.717, 1.165) is 11.8 Å². The fraction of sp³-hybridized carbons (Fsp3) is 0.375. The van der Waals surface area contributed by atoms with Crippen molar-refractivity contribution in [3.63, 3.8) is 0 Å². The number of hydrogen-bond donors (Lipinski definition) is 1. The van der Waals surface area contributed by atoms with Crippen molar-refractivity contribution in [2.75, 3.05) is 5.32 Å². The smallest absolute Gasteiger partial charge is 0.423 e. The van der Waals surface area contributed by atoms with E-state index < -0.39 is 17.6 Å². The van der Waals surface area contributed by atoms with Crippen LogP contribution in [0.1, 0.15) is 31.4 Å². The molecule has 0 aliphatic carbocycles. The zero-order valence-corrected chi connectivity index (χ0v) is 13.1. The lowest BCUT2D eigenvalue weighted by atomic mass is 10.2. The van der Waals surface area contributed by atoms with Gasteiger partial charge in [0, 0.05) is 11.9 Å². The summed E-state index contributed by atoms with van der Waals surface area (Å²) in [5, 5.41) is 2.87. The molecule has 0 saturated carbocycles.